The molecule has 0 radical (unpaired) electrons. The van der Waals surface area contributed by atoms with Gasteiger partial charge in [0.1, 0.15) is 16.7 Å². The predicted molar refractivity (Wildman–Crippen MR) is 207 cm³/mol. The van der Waals surface area contributed by atoms with Crippen LogP contribution in [-0.2, 0) is 35.2 Å². The van der Waals surface area contributed by atoms with Crippen LogP contribution in [0.3, 0.4) is 0 Å². The van der Waals surface area contributed by atoms with Crippen molar-refractivity contribution in [2.24, 2.45) is 23.7 Å². The largest absolute Gasteiger partial charge is 0.455 e. The Kier molecular flexibility index (Phi) is 18.6. The van der Waals surface area contributed by atoms with Gasteiger partial charge in [0.2, 0.25) is 17.7 Å². The zero-order chi connectivity index (χ0) is 40.0. The zero-order valence-electron chi connectivity index (χ0n) is 33.6. The second-order valence-corrected chi connectivity index (χ2v) is 15.7. The molecule has 1 heterocycles. The van der Waals surface area contributed by atoms with Crippen LogP contribution in [0.5, 0.6) is 0 Å². The van der Waals surface area contributed by atoms with E-state index in [-0.39, 0.29) is 47.6 Å². The van der Waals surface area contributed by atoms with E-state index in [1.807, 2.05) is 90.9 Å². The number of likely N-dealkylation sites (N-methyl/N-ethyl adjacent to an activating group) is 2. The second kappa shape index (κ2) is 21.7. The Bertz CT molecular complexity index is 1480. The highest BCUT2D eigenvalue weighted by Crippen LogP contribution is 2.31. The van der Waals surface area contributed by atoms with Crippen LogP contribution in [-0.4, -0.2) is 96.8 Å². The Balaban J connectivity index is 2.35. The van der Waals surface area contributed by atoms with Crippen LogP contribution in [0.4, 0.5) is 0 Å². The van der Waals surface area contributed by atoms with Crippen molar-refractivity contribution in [2.45, 2.75) is 111 Å². The van der Waals surface area contributed by atoms with E-state index in [0.29, 0.717) is 24.3 Å². The van der Waals surface area contributed by atoms with Gasteiger partial charge in [-0.3, -0.25) is 33.7 Å². The Hall–Kier alpha value is -3.88. The first-order valence-corrected chi connectivity index (χ1v) is 19.3. The van der Waals surface area contributed by atoms with Crippen LogP contribution in [0.25, 0.3) is 0 Å². The average molecular weight is 759 g/mol. The summed E-state index contributed by atoms with van der Waals surface area (Å²) in [5.74, 6) is -2.28. The number of ether oxygens (including phenoxy) is 1. The molecule has 0 spiro atoms. The van der Waals surface area contributed by atoms with Crippen molar-refractivity contribution in [2.75, 3.05) is 28.3 Å². The first-order valence-electron chi connectivity index (χ1n) is 18.4. The Morgan fingerprint density at radius 2 is 1.53 bits per heavy atom. The van der Waals surface area contributed by atoms with Gasteiger partial charge in [-0.1, -0.05) is 85.2 Å². The van der Waals surface area contributed by atoms with E-state index in [2.05, 4.69) is 21.1 Å². The molecule has 296 valence electrons. The lowest BCUT2D eigenvalue weighted by Crippen LogP contribution is -2.58. The molecule has 0 bridgehead atoms. The molecule has 0 aliphatic rings. The molecule has 0 aliphatic heterocycles. The van der Waals surface area contributed by atoms with E-state index in [1.54, 1.807) is 24.3 Å². The molecule has 0 aliphatic carbocycles. The van der Waals surface area contributed by atoms with Crippen molar-refractivity contribution in [1.29, 1.82) is 0 Å². The average Bonchev–Trinajstić information content (AvgIpc) is 3.58. The van der Waals surface area contributed by atoms with Gasteiger partial charge in [-0.05, 0) is 50.3 Å². The molecule has 1 aromatic heterocycles. The summed E-state index contributed by atoms with van der Waals surface area (Å²) in [6.45, 7) is 14.9. The lowest BCUT2D eigenvalue weighted by molar-refractivity contribution is -0.149. The molecule has 2 rings (SSSR count). The fourth-order valence-corrected chi connectivity index (χ4v) is 7.40. The summed E-state index contributed by atoms with van der Waals surface area (Å²) in [4.78, 5) is 79.0. The van der Waals surface area contributed by atoms with Gasteiger partial charge in [0.15, 0.2) is 6.10 Å². The predicted octanol–water partition coefficient (Wildman–Crippen LogP) is 4.78. The molecule has 4 amide bonds. The number of carbonyl (C=O) groups excluding carboxylic acids is 5. The number of hydrogen-bond donors (Lipinski definition) is 3. The normalized spacial score (nSPS) is 15.5. The summed E-state index contributed by atoms with van der Waals surface area (Å²) in [5.41, 5.74) is 3.51. The second-order valence-electron chi connectivity index (χ2n) is 14.9. The Labute approximate surface area is 319 Å². The van der Waals surface area contributed by atoms with Crippen molar-refractivity contribution in [3.8, 4) is 0 Å². The highest BCUT2D eigenvalue weighted by Gasteiger charge is 2.37. The Morgan fingerprint density at radius 3 is 2.06 bits per heavy atom. The molecule has 0 saturated carbocycles. The van der Waals surface area contributed by atoms with E-state index in [4.69, 9.17) is 9.57 Å². The standard InChI is InChI=1S/C39H62N6O7S/c1-13-25(6)33(42-37(49)34(24(4)5)44(9)10)39(50)45(11)31(23(2)3)21-32(52-27(8)46)38-41-30(22-53-38)36(48)40-29(19-26(7)35(47)43-51-12)20-28-17-15-14-16-18-28/h14-18,22-26,29,31-34H,13,19-21H2,1-12H3,(H,40,48)(H,42,49)(H,43,47)/t25-,26-,29+,31+,32+,33-,34-/m0/s1. The summed E-state index contributed by atoms with van der Waals surface area (Å²) in [5, 5.41) is 8.13. The summed E-state index contributed by atoms with van der Waals surface area (Å²) < 4.78 is 5.79. The topological polar surface area (TPSA) is 159 Å². The van der Waals surface area contributed by atoms with Crippen molar-refractivity contribution in [3.63, 3.8) is 0 Å². The maximum Gasteiger partial charge on any atom is 0.303 e. The number of amides is 4. The molecule has 1 aromatic carbocycles. The zero-order valence-corrected chi connectivity index (χ0v) is 34.4. The fourth-order valence-electron chi connectivity index (χ4n) is 6.56. The van der Waals surface area contributed by atoms with Crippen molar-refractivity contribution in [1.82, 2.24) is 30.9 Å². The summed E-state index contributed by atoms with van der Waals surface area (Å²) >= 11 is 1.20. The first kappa shape index (κ1) is 45.3. The van der Waals surface area contributed by atoms with Crippen LogP contribution in [0.2, 0.25) is 0 Å². The minimum absolute atomic E-state index is 0.0364. The number of hydroxylamine groups is 1. The number of benzene rings is 1. The van der Waals surface area contributed by atoms with E-state index in [0.717, 1.165) is 5.56 Å². The molecule has 7 atom stereocenters. The van der Waals surface area contributed by atoms with Gasteiger partial charge in [-0.25, -0.2) is 10.5 Å². The van der Waals surface area contributed by atoms with Gasteiger partial charge < -0.3 is 20.3 Å². The third-order valence-electron chi connectivity index (χ3n) is 9.59. The maximum atomic E-state index is 14.2. The van der Waals surface area contributed by atoms with Gasteiger partial charge in [-0.15, -0.1) is 11.3 Å². The van der Waals surface area contributed by atoms with Crippen molar-refractivity contribution >= 4 is 40.9 Å². The molecular weight excluding hydrogens is 697 g/mol. The number of carbonyl (C=O) groups is 5. The van der Waals surface area contributed by atoms with Crippen molar-refractivity contribution < 1.29 is 33.5 Å². The molecule has 0 fully saturated rings. The number of aromatic nitrogens is 1. The number of thiazole rings is 1. The molecule has 13 nitrogen and oxygen atoms in total. The summed E-state index contributed by atoms with van der Waals surface area (Å²) in [7, 11) is 6.78. The fraction of sp³-hybridized carbons (Fsp3) is 0.641. The van der Waals surface area contributed by atoms with Crippen LogP contribution < -0.4 is 16.1 Å². The lowest BCUT2D eigenvalue weighted by Gasteiger charge is -2.37. The van der Waals surface area contributed by atoms with E-state index < -0.39 is 48.1 Å². The lowest BCUT2D eigenvalue weighted by atomic mass is 9.92. The smallest absolute Gasteiger partial charge is 0.303 e. The maximum absolute atomic E-state index is 14.2. The molecular formula is C39H62N6O7S. The Morgan fingerprint density at radius 1 is 0.887 bits per heavy atom. The van der Waals surface area contributed by atoms with Gasteiger partial charge in [0, 0.05) is 43.8 Å². The molecule has 0 unspecified atom stereocenters. The van der Waals surface area contributed by atoms with Crippen LogP contribution in [0, 0.1) is 23.7 Å². The third kappa shape index (κ3) is 13.8. The van der Waals surface area contributed by atoms with Crippen molar-refractivity contribution in [3.05, 3.63) is 52.0 Å². The van der Waals surface area contributed by atoms with E-state index >= 15 is 0 Å². The number of nitrogens with zero attached hydrogens (tertiary/aromatic N) is 3. The summed E-state index contributed by atoms with van der Waals surface area (Å²) in [6, 6.07) is 7.71. The van der Waals surface area contributed by atoms with Gasteiger partial charge in [0.25, 0.3) is 5.91 Å². The number of hydrogen-bond acceptors (Lipinski definition) is 10. The highest BCUT2D eigenvalue weighted by molar-refractivity contribution is 7.09. The van der Waals surface area contributed by atoms with Gasteiger partial charge in [0.05, 0.1) is 13.2 Å². The minimum atomic E-state index is -0.838. The van der Waals surface area contributed by atoms with E-state index in [1.165, 1.54) is 25.4 Å². The van der Waals surface area contributed by atoms with E-state index in [9.17, 15) is 24.0 Å². The SMILES string of the molecule is CC[C@H](C)[C@H](NC(=O)[C@H](C(C)C)N(C)C)C(=O)N(C)[C@H](C[C@@H](OC(C)=O)c1nc(C(=O)N[C@@H](Cc2ccccc2)C[C@H](C)C(=O)NOC)cs1)C(C)C. The number of esters is 1. The number of nitrogens with one attached hydrogen (secondary N) is 3. The highest BCUT2D eigenvalue weighted by atomic mass is 32.1. The molecule has 53 heavy (non-hydrogen) atoms. The quantitative estimate of drug-likeness (QED) is 0.120. The minimum Gasteiger partial charge on any atom is -0.455 e. The van der Waals surface area contributed by atoms with Gasteiger partial charge >= 0.3 is 5.97 Å². The van der Waals surface area contributed by atoms with Crippen LogP contribution in [0.15, 0.2) is 35.7 Å². The van der Waals surface area contributed by atoms with Crippen LogP contribution >= 0.6 is 11.3 Å². The van der Waals surface area contributed by atoms with Crippen LogP contribution in [0.1, 0.15) is 102 Å². The molecule has 2 aromatic rings. The number of rotatable bonds is 21. The third-order valence-corrected chi connectivity index (χ3v) is 10.5. The van der Waals surface area contributed by atoms with Gasteiger partial charge in [-0.2, -0.15) is 0 Å². The molecule has 0 saturated heterocycles. The summed E-state index contributed by atoms with van der Waals surface area (Å²) in [6.07, 6.45) is 0.910. The molecule has 3 N–H and O–H groups in total. The molecule has 14 heteroatoms. The first-order chi connectivity index (χ1) is 24.9. The monoisotopic (exact) mass is 758 g/mol.